The van der Waals surface area contributed by atoms with Crippen LogP contribution in [0.4, 0.5) is 13.2 Å². The first-order valence-electron chi connectivity index (χ1n) is 16.4. The normalized spacial score (nSPS) is 33.5. The molecule has 0 aromatic heterocycles. The summed E-state index contributed by atoms with van der Waals surface area (Å²) >= 11 is 0. The topological polar surface area (TPSA) is 41.5 Å². The number of halogens is 3. The molecule has 4 aliphatic rings. The maximum absolute atomic E-state index is 14.1. The first-order valence-corrected chi connectivity index (χ1v) is 16.4. The number of carbonyl (C=O) groups is 1. The van der Waals surface area contributed by atoms with E-state index in [4.69, 9.17) is 4.99 Å². The summed E-state index contributed by atoms with van der Waals surface area (Å²) in [5, 5.41) is 3.24. The highest BCUT2D eigenvalue weighted by atomic mass is 19.4. The van der Waals surface area contributed by atoms with E-state index in [1.54, 1.807) is 0 Å². The van der Waals surface area contributed by atoms with Crippen molar-refractivity contribution in [1.29, 1.82) is 0 Å². The number of nitrogens with one attached hydrogen (secondary N) is 1. The number of hydrogen-bond acceptors (Lipinski definition) is 2. The number of benzene rings is 2. The lowest BCUT2D eigenvalue weighted by Gasteiger charge is -2.56. The molecule has 5 atom stereocenters. The Bertz CT molecular complexity index is 1450. The molecule has 3 aliphatic carbocycles. The van der Waals surface area contributed by atoms with Gasteiger partial charge in [0.25, 0.3) is 5.91 Å². The molecule has 0 saturated heterocycles. The van der Waals surface area contributed by atoms with Gasteiger partial charge in [-0.3, -0.25) is 9.79 Å². The summed E-state index contributed by atoms with van der Waals surface area (Å²) in [7, 11) is 0. The fourth-order valence-electron chi connectivity index (χ4n) is 9.82. The SMILES string of the molecule is CC(C)c1ccc2c(c1)CC[C@H]1[C@](C)(CNC(=O)C3=N[C@@]4(CC(F)(F)F)CCCC[C@@]4(C)c4ccccc43)CCC[C@]21C. The van der Waals surface area contributed by atoms with Crippen molar-refractivity contribution in [3.05, 3.63) is 70.3 Å². The number of nitrogens with zero attached hydrogens (tertiary/aromatic N) is 1. The third-order valence-electron chi connectivity index (χ3n) is 12.2. The smallest absolute Gasteiger partial charge is 0.350 e. The fraction of sp³-hybridized carbons (Fsp3) is 0.622. The van der Waals surface area contributed by atoms with Crippen LogP contribution >= 0.6 is 0 Å². The molecule has 3 nitrogen and oxygen atoms in total. The second kappa shape index (κ2) is 10.5. The van der Waals surface area contributed by atoms with E-state index >= 15 is 0 Å². The summed E-state index contributed by atoms with van der Waals surface area (Å²) in [6, 6.07) is 14.6. The minimum atomic E-state index is -4.37. The zero-order chi connectivity index (χ0) is 30.8. The molecule has 6 heteroatoms. The van der Waals surface area contributed by atoms with Crippen LogP contribution in [-0.4, -0.2) is 29.9 Å². The first-order chi connectivity index (χ1) is 20.2. The van der Waals surface area contributed by atoms with E-state index in [-0.39, 0.29) is 22.4 Å². The number of hydrogen-bond donors (Lipinski definition) is 1. The number of fused-ring (bicyclic) bond motifs is 6. The summed E-state index contributed by atoms with van der Waals surface area (Å²) in [6.07, 6.45) is 2.50. The van der Waals surface area contributed by atoms with Crippen molar-refractivity contribution in [2.45, 2.75) is 127 Å². The van der Waals surface area contributed by atoms with Crippen molar-refractivity contribution >= 4 is 11.6 Å². The van der Waals surface area contributed by atoms with Gasteiger partial charge in [-0.15, -0.1) is 0 Å². The number of carbonyl (C=O) groups excluding carboxylic acids is 1. The van der Waals surface area contributed by atoms with Gasteiger partial charge < -0.3 is 5.32 Å². The van der Waals surface area contributed by atoms with Crippen molar-refractivity contribution in [2.75, 3.05) is 6.54 Å². The van der Waals surface area contributed by atoms with Gasteiger partial charge in [-0.2, -0.15) is 13.2 Å². The van der Waals surface area contributed by atoms with Gasteiger partial charge in [-0.25, -0.2) is 0 Å². The predicted octanol–water partition coefficient (Wildman–Crippen LogP) is 8.96. The van der Waals surface area contributed by atoms with Crippen molar-refractivity contribution in [1.82, 2.24) is 5.32 Å². The highest BCUT2D eigenvalue weighted by Gasteiger charge is 2.59. The molecule has 2 aromatic rings. The van der Waals surface area contributed by atoms with Crippen LogP contribution in [0.1, 0.15) is 126 Å². The molecule has 0 unspecified atom stereocenters. The molecule has 43 heavy (non-hydrogen) atoms. The lowest BCUT2D eigenvalue weighted by Crippen LogP contribution is -2.58. The van der Waals surface area contributed by atoms with Crippen LogP contribution in [0.5, 0.6) is 0 Å². The Morgan fingerprint density at radius 2 is 1.72 bits per heavy atom. The molecule has 1 heterocycles. The van der Waals surface area contributed by atoms with Gasteiger partial charge in [0.1, 0.15) is 5.71 Å². The second-order valence-electron chi connectivity index (χ2n) is 15.1. The molecule has 0 spiro atoms. The van der Waals surface area contributed by atoms with Crippen LogP contribution in [0.3, 0.4) is 0 Å². The van der Waals surface area contributed by atoms with Crippen LogP contribution in [0.2, 0.25) is 0 Å². The molecule has 0 bridgehead atoms. The lowest BCUT2D eigenvalue weighted by atomic mass is 9.49. The summed E-state index contributed by atoms with van der Waals surface area (Å²) in [5.41, 5.74) is 3.81. The molecular formula is C37H47F3N2O. The molecular weight excluding hydrogens is 545 g/mol. The van der Waals surface area contributed by atoms with Gasteiger partial charge in [0.2, 0.25) is 0 Å². The molecule has 2 saturated carbocycles. The Hall–Kier alpha value is -2.63. The Morgan fingerprint density at radius 3 is 2.47 bits per heavy atom. The average Bonchev–Trinajstić information content (AvgIpc) is 2.95. The standard InChI is InChI=1S/C37H47F3N2O/c1-24(2)25-13-15-28-26(21-25)14-16-30-33(3,17-10-18-34(28,30)4)23-41-32(43)31-27-11-6-7-12-29(27)35(5)19-8-9-20-36(35,42-31)22-37(38,39)40/h6-7,11-13,15,21,24,30H,8-10,14,16-20,22-23H2,1-5H3,(H,41,43)/t30-,33-,34+,35-,36+/m0/s1. The van der Waals surface area contributed by atoms with Crippen molar-refractivity contribution < 1.29 is 18.0 Å². The van der Waals surface area contributed by atoms with Gasteiger partial charge in [0.05, 0.1) is 12.0 Å². The molecule has 2 aromatic carbocycles. The molecule has 6 rings (SSSR count). The highest BCUT2D eigenvalue weighted by molar-refractivity contribution is 6.46. The Labute approximate surface area is 255 Å². The number of aryl methyl sites for hydroxylation is 1. The molecule has 232 valence electrons. The van der Waals surface area contributed by atoms with E-state index in [9.17, 15) is 18.0 Å². The van der Waals surface area contributed by atoms with Crippen molar-refractivity contribution in [2.24, 2.45) is 16.3 Å². The maximum Gasteiger partial charge on any atom is 0.391 e. The van der Waals surface area contributed by atoms with E-state index in [1.165, 1.54) is 16.7 Å². The second-order valence-corrected chi connectivity index (χ2v) is 15.1. The van der Waals surface area contributed by atoms with Crippen LogP contribution in [0.25, 0.3) is 0 Å². The van der Waals surface area contributed by atoms with E-state index in [1.807, 2.05) is 31.2 Å². The quantitative estimate of drug-likeness (QED) is 0.370. The number of alkyl halides is 3. The predicted molar refractivity (Wildman–Crippen MR) is 167 cm³/mol. The molecule has 2 fully saturated rings. The zero-order valence-corrected chi connectivity index (χ0v) is 26.5. The lowest BCUT2D eigenvalue weighted by molar-refractivity contribution is -0.156. The number of amides is 1. The number of aliphatic imine (C=N–C) groups is 1. The van der Waals surface area contributed by atoms with Crippen LogP contribution in [-0.2, 0) is 22.0 Å². The minimum absolute atomic E-state index is 0.0381. The maximum atomic E-state index is 14.1. The van der Waals surface area contributed by atoms with Gasteiger partial charge in [-0.1, -0.05) is 96.3 Å². The van der Waals surface area contributed by atoms with E-state index in [0.717, 1.165) is 44.1 Å². The summed E-state index contributed by atoms with van der Waals surface area (Å²) in [6.45, 7) is 11.6. The monoisotopic (exact) mass is 592 g/mol. The molecule has 0 radical (unpaired) electrons. The number of rotatable bonds is 5. The first kappa shape index (κ1) is 30.4. The van der Waals surface area contributed by atoms with Crippen molar-refractivity contribution in [3.8, 4) is 0 Å². The Kier molecular flexibility index (Phi) is 7.41. The zero-order valence-electron chi connectivity index (χ0n) is 26.5. The van der Waals surface area contributed by atoms with E-state index in [0.29, 0.717) is 43.2 Å². The largest absolute Gasteiger partial charge is 0.391 e. The minimum Gasteiger partial charge on any atom is -0.350 e. The third-order valence-corrected chi connectivity index (χ3v) is 12.2. The highest BCUT2D eigenvalue weighted by Crippen LogP contribution is 2.58. The summed E-state index contributed by atoms with van der Waals surface area (Å²) in [4.78, 5) is 18.9. The van der Waals surface area contributed by atoms with E-state index < -0.39 is 23.6 Å². The summed E-state index contributed by atoms with van der Waals surface area (Å²) in [5.74, 6) is 0.565. The van der Waals surface area contributed by atoms with Gasteiger partial charge >= 0.3 is 6.18 Å². The molecule has 1 N–H and O–H groups in total. The van der Waals surface area contributed by atoms with Gasteiger partial charge in [0, 0.05) is 17.5 Å². The fourth-order valence-corrected chi connectivity index (χ4v) is 9.82. The van der Waals surface area contributed by atoms with Gasteiger partial charge in [0.15, 0.2) is 0 Å². The average molecular weight is 593 g/mol. The van der Waals surface area contributed by atoms with Crippen LogP contribution in [0.15, 0.2) is 47.5 Å². The van der Waals surface area contributed by atoms with E-state index in [2.05, 4.69) is 51.2 Å². The van der Waals surface area contributed by atoms with Crippen LogP contribution < -0.4 is 5.32 Å². The van der Waals surface area contributed by atoms with Crippen LogP contribution in [0, 0.1) is 11.3 Å². The molecule has 1 amide bonds. The molecule has 1 aliphatic heterocycles. The Morgan fingerprint density at radius 1 is 0.977 bits per heavy atom. The Balaban J connectivity index is 1.30. The van der Waals surface area contributed by atoms with Gasteiger partial charge in [-0.05, 0) is 83.4 Å². The van der Waals surface area contributed by atoms with Crippen molar-refractivity contribution in [3.63, 3.8) is 0 Å². The third kappa shape index (κ3) is 4.95. The summed E-state index contributed by atoms with van der Waals surface area (Å²) < 4.78 is 42.3.